The largest absolute Gasteiger partial charge is 0.497 e. The molecule has 1 aromatic rings. The van der Waals surface area contributed by atoms with Crippen LogP contribution in [0.5, 0.6) is 5.75 Å². The Morgan fingerprint density at radius 1 is 1.27 bits per heavy atom. The third-order valence-corrected chi connectivity index (χ3v) is 4.65. The lowest BCUT2D eigenvalue weighted by Crippen LogP contribution is -2.25. The first-order valence-electron chi connectivity index (χ1n) is 9.49. The molecule has 0 spiro atoms. The second kappa shape index (κ2) is 9.02. The van der Waals surface area contributed by atoms with Crippen molar-refractivity contribution < 1.29 is 14.4 Å². The van der Waals surface area contributed by atoms with Crippen molar-refractivity contribution in [1.82, 2.24) is 0 Å². The average molecular weight is 357 g/mol. The van der Waals surface area contributed by atoms with E-state index in [0.717, 1.165) is 49.1 Å². The van der Waals surface area contributed by atoms with Crippen LogP contribution in [0.4, 0.5) is 0 Å². The molecular weight excluding hydrogens is 326 g/mol. The number of benzene rings is 1. The topological polar surface area (TPSA) is 47.9 Å². The van der Waals surface area contributed by atoms with Crippen molar-refractivity contribution in [3.8, 4) is 5.75 Å². The molecule has 142 valence electrons. The van der Waals surface area contributed by atoms with Crippen LogP contribution < -0.4 is 4.74 Å². The molecule has 2 rings (SSSR count). The van der Waals surface area contributed by atoms with Crippen molar-refractivity contribution in [2.45, 2.75) is 59.8 Å². The lowest BCUT2D eigenvalue weighted by atomic mass is 9.80. The van der Waals surface area contributed by atoms with Gasteiger partial charge in [-0.2, -0.15) is 0 Å². The summed E-state index contributed by atoms with van der Waals surface area (Å²) in [6, 6.07) is 7.98. The van der Waals surface area contributed by atoms with Gasteiger partial charge in [0.25, 0.3) is 0 Å². The van der Waals surface area contributed by atoms with E-state index in [1.54, 1.807) is 7.11 Å². The van der Waals surface area contributed by atoms with Gasteiger partial charge in [0, 0.05) is 5.92 Å². The van der Waals surface area contributed by atoms with Crippen molar-refractivity contribution in [3.63, 3.8) is 0 Å². The van der Waals surface area contributed by atoms with Crippen molar-refractivity contribution in [1.29, 1.82) is 0 Å². The summed E-state index contributed by atoms with van der Waals surface area (Å²) in [6.07, 6.45) is 7.50. The lowest BCUT2D eigenvalue weighted by molar-refractivity contribution is -0.153. The molecule has 1 saturated carbocycles. The summed E-state index contributed by atoms with van der Waals surface area (Å²) in [7, 11) is 1.66. The number of nitrogens with zero attached hydrogens (tertiary/aromatic N) is 1. The number of oxime groups is 1. The number of methoxy groups -OCH3 is 1. The van der Waals surface area contributed by atoms with E-state index in [1.807, 2.05) is 45.0 Å². The van der Waals surface area contributed by atoms with Crippen LogP contribution in [-0.2, 0) is 9.63 Å². The summed E-state index contributed by atoms with van der Waals surface area (Å²) < 4.78 is 5.22. The molecular formula is C22H31NO3. The van der Waals surface area contributed by atoms with E-state index < -0.39 is 5.41 Å². The smallest absolute Gasteiger partial charge is 0.340 e. The van der Waals surface area contributed by atoms with Gasteiger partial charge < -0.3 is 9.57 Å². The highest BCUT2D eigenvalue weighted by Gasteiger charge is 2.27. The zero-order valence-electron chi connectivity index (χ0n) is 16.7. The number of hydrogen-bond acceptors (Lipinski definition) is 4. The van der Waals surface area contributed by atoms with Gasteiger partial charge >= 0.3 is 5.97 Å². The normalized spacial score (nSPS) is 21.0. The summed E-state index contributed by atoms with van der Waals surface area (Å²) >= 11 is 0. The molecule has 0 saturated heterocycles. The van der Waals surface area contributed by atoms with Gasteiger partial charge in [0.2, 0.25) is 0 Å². The third kappa shape index (κ3) is 5.45. The molecule has 1 aliphatic carbocycles. The molecule has 26 heavy (non-hydrogen) atoms. The predicted molar refractivity (Wildman–Crippen MR) is 106 cm³/mol. The first-order chi connectivity index (χ1) is 12.3. The minimum absolute atomic E-state index is 0.297. The fraction of sp³-hybridized carbons (Fsp3) is 0.545. The predicted octanol–water partition coefficient (Wildman–Crippen LogP) is 5.62. The maximum atomic E-state index is 12.1. The highest BCUT2D eigenvalue weighted by atomic mass is 16.7. The zero-order chi connectivity index (χ0) is 19.2. The summed E-state index contributed by atoms with van der Waals surface area (Å²) in [5.41, 5.74) is 2.65. The minimum atomic E-state index is -0.557. The molecule has 1 aliphatic rings. The van der Waals surface area contributed by atoms with Crippen LogP contribution in [-0.4, -0.2) is 18.8 Å². The Morgan fingerprint density at radius 2 is 1.96 bits per heavy atom. The molecule has 0 amide bonds. The highest BCUT2D eigenvalue weighted by molar-refractivity contribution is 6.05. The van der Waals surface area contributed by atoms with Gasteiger partial charge in [0.1, 0.15) is 5.75 Å². The van der Waals surface area contributed by atoms with Crippen LogP contribution in [0, 0.1) is 11.3 Å². The zero-order valence-corrected chi connectivity index (χ0v) is 16.7. The first-order valence-corrected chi connectivity index (χ1v) is 9.49. The molecule has 0 heterocycles. The van der Waals surface area contributed by atoms with Gasteiger partial charge in [0.05, 0.1) is 18.2 Å². The molecule has 1 fully saturated rings. The Kier molecular flexibility index (Phi) is 7.01. The van der Waals surface area contributed by atoms with E-state index in [1.165, 1.54) is 5.57 Å². The summed E-state index contributed by atoms with van der Waals surface area (Å²) in [4.78, 5) is 17.5. The lowest BCUT2D eigenvalue weighted by Gasteiger charge is -2.26. The van der Waals surface area contributed by atoms with Crippen LogP contribution in [0.2, 0.25) is 0 Å². The first kappa shape index (κ1) is 20.2. The van der Waals surface area contributed by atoms with Crippen LogP contribution in [0.1, 0.15) is 65.4 Å². The Labute approximate surface area is 157 Å². The van der Waals surface area contributed by atoms with Gasteiger partial charge in [-0.05, 0) is 75.8 Å². The van der Waals surface area contributed by atoms with E-state index in [2.05, 4.69) is 18.2 Å². The van der Waals surface area contributed by atoms with Crippen LogP contribution >= 0.6 is 0 Å². The number of carbonyl (C=O) groups excluding carboxylic acids is 1. The van der Waals surface area contributed by atoms with E-state index in [9.17, 15) is 4.79 Å². The van der Waals surface area contributed by atoms with Crippen molar-refractivity contribution in [3.05, 3.63) is 35.4 Å². The molecule has 1 atom stereocenters. The molecule has 1 unspecified atom stereocenters. The number of rotatable bonds is 5. The van der Waals surface area contributed by atoms with Crippen molar-refractivity contribution >= 4 is 17.8 Å². The Morgan fingerprint density at radius 3 is 2.54 bits per heavy atom. The molecule has 0 aromatic heterocycles. The fourth-order valence-electron chi connectivity index (χ4n) is 3.10. The van der Waals surface area contributed by atoms with Gasteiger partial charge in [-0.15, -0.1) is 0 Å². The van der Waals surface area contributed by atoms with Gasteiger partial charge in [-0.1, -0.05) is 30.6 Å². The van der Waals surface area contributed by atoms with E-state index in [0.29, 0.717) is 5.92 Å². The quantitative estimate of drug-likeness (QED) is 0.507. The molecule has 0 N–H and O–H groups in total. The second-order valence-corrected chi connectivity index (χ2v) is 7.93. The van der Waals surface area contributed by atoms with Crippen LogP contribution in [0.15, 0.2) is 35.0 Å². The van der Waals surface area contributed by atoms with Gasteiger partial charge in [0.15, 0.2) is 0 Å². The molecule has 4 heteroatoms. The summed E-state index contributed by atoms with van der Waals surface area (Å²) in [5, 5.41) is 4.34. The number of hydrogen-bond donors (Lipinski definition) is 0. The standard InChI is InChI=1S/C22H31NO3/c1-6-8-17-9-7-10-18(15-16-11-13-19(25-5)14-12-16)20(17)23-26-21(24)22(2,3)4/h11-15,17H,6-10H2,1-5H3/b18-15+,23-20+. The number of ether oxygens (including phenoxy) is 1. The monoisotopic (exact) mass is 357 g/mol. The number of allylic oxidation sites excluding steroid dienone is 1. The van der Waals surface area contributed by atoms with Crippen LogP contribution in [0.25, 0.3) is 6.08 Å². The fourth-order valence-corrected chi connectivity index (χ4v) is 3.10. The summed E-state index contributed by atoms with van der Waals surface area (Å²) in [6.45, 7) is 7.70. The molecule has 0 aliphatic heterocycles. The van der Waals surface area contributed by atoms with Crippen molar-refractivity contribution in [2.75, 3.05) is 7.11 Å². The van der Waals surface area contributed by atoms with Gasteiger partial charge in [-0.25, -0.2) is 4.79 Å². The molecule has 4 nitrogen and oxygen atoms in total. The average Bonchev–Trinajstić information content (AvgIpc) is 2.61. The molecule has 1 aromatic carbocycles. The minimum Gasteiger partial charge on any atom is -0.497 e. The maximum Gasteiger partial charge on any atom is 0.340 e. The van der Waals surface area contributed by atoms with Crippen molar-refractivity contribution in [2.24, 2.45) is 16.5 Å². The molecule has 0 radical (unpaired) electrons. The van der Waals surface area contributed by atoms with Gasteiger partial charge in [-0.3, -0.25) is 0 Å². The Bertz CT molecular complexity index is 664. The highest BCUT2D eigenvalue weighted by Crippen LogP contribution is 2.31. The third-order valence-electron chi connectivity index (χ3n) is 4.65. The maximum absolute atomic E-state index is 12.1. The van der Waals surface area contributed by atoms with E-state index in [-0.39, 0.29) is 5.97 Å². The van der Waals surface area contributed by atoms with E-state index >= 15 is 0 Å². The Balaban J connectivity index is 2.30. The second-order valence-electron chi connectivity index (χ2n) is 7.93. The summed E-state index contributed by atoms with van der Waals surface area (Å²) in [5.74, 6) is 0.897. The SMILES string of the molecule is CCCC1CCCC(=C\c2ccc(OC)cc2)/C1=N/OC(=O)C(C)(C)C. The van der Waals surface area contributed by atoms with E-state index in [4.69, 9.17) is 9.57 Å². The number of carbonyl (C=O) groups is 1. The van der Waals surface area contributed by atoms with Crippen LogP contribution in [0.3, 0.4) is 0 Å². The Hall–Kier alpha value is -2.10. The molecule has 0 bridgehead atoms.